The van der Waals surface area contributed by atoms with E-state index >= 15 is 0 Å². The maximum atomic E-state index is 12.4. The van der Waals surface area contributed by atoms with Gasteiger partial charge in [-0.15, -0.1) is 0 Å². The minimum atomic E-state index is -3.96. The number of carboxylic acid groups (broad SMARTS) is 1. The Morgan fingerprint density at radius 2 is 1.90 bits per heavy atom. The van der Waals surface area contributed by atoms with E-state index in [9.17, 15) is 18.0 Å². The van der Waals surface area contributed by atoms with Gasteiger partial charge in [0.05, 0.1) is 11.1 Å². The molecule has 7 heteroatoms. The molecule has 1 aliphatic rings. The molecule has 0 atom stereocenters. The van der Waals surface area contributed by atoms with Crippen LogP contribution in [0, 0.1) is 5.41 Å². The van der Waals surface area contributed by atoms with Gasteiger partial charge in [0, 0.05) is 6.54 Å². The quantitative estimate of drug-likeness (QED) is 0.894. The maximum absolute atomic E-state index is 12.4. The van der Waals surface area contributed by atoms with E-state index in [1.54, 1.807) is 0 Å². The van der Waals surface area contributed by atoms with Crippen molar-refractivity contribution in [1.82, 2.24) is 4.31 Å². The van der Waals surface area contributed by atoms with Crippen molar-refractivity contribution in [1.29, 1.82) is 0 Å². The van der Waals surface area contributed by atoms with Gasteiger partial charge in [0.15, 0.2) is 0 Å². The first-order chi connectivity index (χ1) is 9.04. The molecule has 1 N–H and O–H groups in total. The number of fused-ring (bicyclic) bond motifs is 1. The lowest BCUT2D eigenvalue weighted by Gasteiger charge is -2.25. The highest BCUT2D eigenvalue weighted by molar-refractivity contribution is 7.90. The molecule has 1 amide bonds. The maximum Gasteiger partial charge on any atom is 0.335 e. The van der Waals surface area contributed by atoms with Crippen molar-refractivity contribution in [2.75, 3.05) is 6.54 Å². The molecule has 0 unspecified atom stereocenters. The first-order valence-electron chi connectivity index (χ1n) is 5.98. The van der Waals surface area contributed by atoms with Crippen molar-refractivity contribution >= 4 is 21.9 Å². The summed E-state index contributed by atoms with van der Waals surface area (Å²) in [5, 5.41) is 8.91. The SMILES string of the molecule is CC(C)(C)CN1C(=O)c2ccc(C(=O)O)cc2S1(=O)=O. The Kier molecular flexibility index (Phi) is 3.13. The lowest BCUT2D eigenvalue weighted by Crippen LogP contribution is -2.37. The van der Waals surface area contributed by atoms with Crippen LogP contribution in [0.25, 0.3) is 0 Å². The van der Waals surface area contributed by atoms with Crippen molar-refractivity contribution in [3.05, 3.63) is 29.3 Å². The molecule has 1 heterocycles. The largest absolute Gasteiger partial charge is 0.478 e. The Balaban J connectivity index is 2.57. The highest BCUT2D eigenvalue weighted by Crippen LogP contribution is 2.33. The van der Waals surface area contributed by atoms with Gasteiger partial charge in [-0.2, -0.15) is 0 Å². The van der Waals surface area contributed by atoms with Gasteiger partial charge >= 0.3 is 5.97 Å². The Morgan fingerprint density at radius 3 is 2.40 bits per heavy atom. The summed E-state index contributed by atoms with van der Waals surface area (Å²) in [5.41, 5.74) is -0.516. The van der Waals surface area contributed by atoms with Gasteiger partial charge in [0.2, 0.25) is 0 Å². The molecule has 1 aromatic carbocycles. The molecule has 0 aliphatic carbocycles. The third kappa shape index (κ3) is 2.29. The van der Waals surface area contributed by atoms with Crippen molar-refractivity contribution in [3.8, 4) is 0 Å². The van der Waals surface area contributed by atoms with Crippen LogP contribution >= 0.6 is 0 Å². The normalized spacial score (nSPS) is 17.1. The summed E-state index contributed by atoms with van der Waals surface area (Å²) >= 11 is 0. The molecule has 0 saturated heterocycles. The van der Waals surface area contributed by atoms with Gasteiger partial charge in [-0.3, -0.25) is 4.79 Å². The predicted octanol–water partition coefficient (Wildman–Crippen LogP) is 1.58. The van der Waals surface area contributed by atoms with Crippen LogP contribution in [-0.4, -0.2) is 36.3 Å². The fraction of sp³-hybridized carbons (Fsp3) is 0.385. The number of hydrogen-bond donors (Lipinski definition) is 1. The number of carbonyl (C=O) groups is 2. The number of carboxylic acids is 1. The fourth-order valence-electron chi connectivity index (χ4n) is 2.00. The summed E-state index contributed by atoms with van der Waals surface area (Å²) < 4.78 is 25.5. The number of aromatic carboxylic acids is 1. The van der Waals surface area contributed by atoms with E-state index < -0.39 is 21.9 Å². The molecule has 0 spiro atoms. The van der Waals surface area contributed by atoms with Crippen LogP contribution in [0.3, 0.4) is 0 Å². The van der Waals surface area contributed by atoms with E-state index in [-0.39, 0.29) is 28.0 Å². The van der Waals surface area contributed by atoms with Crippen LogP contribution in [0.15, 0.2) is 23.1 Å². The molecule has 0 saturated carbocycles. The standard InChI is InChI=1S/C13H15NO5S/c1-13(2,3)7-14-11(15)9-5-4-8(12(16)17)6-10(9)20(14,18)19/h4-6H,7H2,1-3H3,(H,16,17). The van der Waals surface area contributed by atoms with Crippen LogP contribution in [0.2, 0.25) is 0 Å². The van der Waals surface area contributed by atoms with E-state index in [0.29, 0.717) is 0 Å². The van der Waals surface area contributed by atoms with Gasteiger partial charge in [-0.25, -0.2) is 17.5 Å². The highest BCUT2D eigenvalue weighted by Gasteiger charge is 2.43. The van der Waals surface area contributed by atoms with Crippen LogP contribution in [0.4, 0.5) is 0 Å². The van der Waals surface area contributed by atoms with Crippen molar-refractivity contribution in [2.24, 2.45) is 5.41 Å². The van der Waals surface area contributed by atoms with Crippen LogP contribution < -0.4 is 0 Å². The van der Waals surface area contributed by atoms with E-state index in [1.165, 1.54) is 12.1 Å². The molecular weight excluding hydrogens is 282 g/mol. The van der Waals surface area contributed by atoms with E-state index in [4.69, 9.17) is 5.11 Å². The van der Waals surface area contributed by atoms with Gasteiger partial charge in [-0.1, -0.05) is 20.8 Å². The summed E-state index contributed by atoms with van der Waals surface area (Å²) in [5.74, 6) is -1.84. The molecule has 1 aliphatic heterocycles. The number of nitrogens with zero attached hydrogens (tertiary/aromatic N) is 1. The summed E-state index contributed by atoms with van der Waals surface area (Å²) in [7, 11) is -3.96. The number of rotatable bonds is 2. The summed E-state index contributed by atoms with van der Waals surface area (Å²) in [6.07, 6.45) is 0. The third-order valence-corrected chi connectivity index (χ3v) is 4.64. The summed E-state index contributed by atoms with van der Waals surface area (Å²) in [6.45, 7) is 5.51. The van der Waals surface area contributed by atoms with Crippen molar-refractivity contribution in [2.45, 2.75) is 25.7 Å². The predicted molar refractivity (Wildman–Crippen MR) is 71.1 cm³/mol. The molecule has 0 aromatic heterocycles. The molecule has 1 aromatic rings. The van der Waals surface area contributed by atoms with Gasteiger partial charge in [0.25, 0.3) is 15.9 Å². The van der Waals surface area contributed by atoms with Crippen LogP contribution in [-0.2, 0) is 10.0 Å². The molecule has 6 nitrogen and oxygen atoms in total. The van der Waals surface area contributed by atoms with E-state index in [0.717, 1.165) is 10.4 Å². The summed E-state index contributed by atoms with van der Waals surface area (Å²) in [4.78, 5) is 22.9. The molecule has 2 rings (SSSR count). The molecule has 108 valence electrons. The average molecular weight is 297 g/mol. The zero-order valence-electron chi connectivity index (χ0n) is 11.4. The van der Waals surface area contributed by atoms with Crippen LogP contribution in [0.5, 0.6) is 0 Å². The Labute approximate surface area is 117 Å². The first-order valence-corrected chi connectivity index (χ1v) is 7.42. The minimum Gasteiger partial charge on any atom is -0.478 e. The second-order valence-electron chi connectivity index (χ2n) is 5.89. The third-order valence-electron chi connectivity index (χ3n) is 2.87. The topological polar surface area (TPSA) is 91.8 Å². The molecule has 0 radical (unpaired) electrons. The zero-order valence-corrected chi connectivity index (χ0v) is 12.2. The number of sulfonamides is 1. The van der Waals surface area contributed by atoms with E-state index in [1.807, 2.05) is 20.8 Å². The Bertz CT molecular complexity index is 700. The second-order valence-corrected chi connectivity index (χ2v) is 7.72. The monoisotopic (exact) mass is 297 g/mol. The van der Waals surface area contributed by atoms with E-state index in [2.05, 4.69) is 0 Å². The lowest BCUT2D eigenvalue weighted by molar-refractivity contribution is 0.0695. The number of benzene rings is 1. The average Bonchev–Trinajstić information content (AvgIpc) is 2.49. The van der Waals surface area contributed by atoms with Crippen molar-refractivity contribution in [3.63, 3.8) is 0 Å². The molecule has 20 heavy (non-hydrogen) atoms. The Morgan fingerprint density at radius 1 is 1.30 bits per heavy atom. The number of carbonyl (C=O) groups excluding carboxylic acids is 1. The minimum absolute atomic E-state index is 0.0271. The zero-order chi connectivity index (χ0) is 15.3. The second kappa shape index (κ2) is 4.31. The smallest absolute Gasteiger partial charge is 0.335 e. The molecule has 0 fully saturated rings. The van der Waals surface area contributed by atoms with Gasteiger partial charge in [0.1, 0.15) is 4.90 Å². The summed E-state index contributed by atoms with van der Waals surface area (Å²) in [6, 6.07) is 3.52. The first kappa shape index (κ1) is 14.5. The fourth-order valence-corrected chi connectivity index (χ4v) is 3.82. The van der Waals surface area contributed by atoms with Crippen LogP contribution in [0.1, 0.15) is 41.5 Å². The van der Waals surface area contributed by atoms with Crippen molar-refractivity contribution < 1.29 is 23.1 Å². The molecular formula is C13H15NO5S. The Hall–Kier alpha value is -1.89. The highest BCUT2D eigenvalue weighted by atomic mass is 32.2. The lowest BCUT2D eigenvalue weighted by atomic mass is 9.97. The molecule has 0 bridgehead atoms. The van der Waals surface area contributed by atoms with Gasteiger partial charge in [-0.05, 0) is 23.6 Å². The number of hydrogen-bond acceptors (Lipinski definition) is 4. The van der Waals surface area contributed by atoms with Gasteiger partial charge < -0.3 is 5.11 Å². The number of amides is 1.